The van der Waals surface area contributed by atoms with Crippen LogP contribution in [0.2, 0.25) is 0 Å². The summed E-state index contributed by atoms with van der Waals surface area (Å²) in [5, 5.41) is 2.65. The van der Waals surface area contributed by atoms with Gasteiger partial charge in [-0.05, 0) is 19.3 Å². The Balaban J connectivity index is 3.64. The van der Waals surface area contributed by atoms with Gasteiger partial charge in [-0.1, -0.05) is 117 Å². The van der Waals surface area contributed by atoms with E-state index in [2.05, 4.69) is 19.2 Å². The van der Waals surface area contributed by atoms with E-state index in [1.807, 2.05) is 6.92 Å². The van der Waals surface area contributed by atoms with E-state index in [0.29, 0.717) is 19.6 Å². The molecule has 0 heterocycles. The van der Waals surface area contributed by atoms with E-state index in [-0.39, 0.29) is 5.97 Å². The Hall–Kier alpha value is -1.26. The molecule has 0 aromatic rings. The highest BCUT2D eigenvalue weighted by Crippen LogP contribution is 2.13. The molecule has 0 saturated heterocycles. The Morgan fingerprint density at radius 3 is 1.55 bits per heavy atom. The van der Waals surface area contributed by atoms with E-state index >= 15 is 0 Å². The Labute approximate surface area is 192 Å². The molecule has 1 amide bonds. The van der Waals surface area contributed by atoms with Crippen molar-refractivity contribution >= 4 is 12.1 Å². The van der Waals surface area contributed by atoms with Crippen LogP contribution in [-0.4, -0.2) is 31.3 Å². The van der Waals surface area contributed by atoms with Crippen molar-refractivity contribution in [3.05, 3.63) is 0 Å². The lowest BCUT2D eigenvalue weighted by Gasteiger charge is -2.17. The molecule has 0 bridgehead atoms. The van der Waals surface area contributed by atoms with Gasteiger partial charge in [0.25, 0.3) is 0 Å². The van der Waals surface area contributed by atoms with Gasteiger partial charge in [0.15, 0.2) is 0 Å². The van der Waals surface area contributed by atoms with Crippen LogP contribution in [-0.2, 0) is 14.3 Å². The molecule has 0 fully saturated rings. The highest BCUT2D eigenvalue weighted by molar-refractivity contribution is 5.81. The zero-order valence-corrected chi connectivity index (χ0v) is 20.9. The van der Waals surface area contributed by atoms with Crippen LogP contribution >= 0.6 is 0 Å². The van der Waals surface area contributed by atoms with Crippen molar-refractivity contribution in [3.63, 3.8) is 0 Å². The fraction of sp³-hybridized carbons (Fsp3) is 0.923. The summed E-state index contributed by atoms with van der Waals surface area (Å²) in [5.41, 5.74) is 0. The Morgan fingerprint density at radius 1 is 0.581 bits per heavy atom. The fourth-order valence-electron chi connectivity index (χ4n) is 3.61. The third-order valence-corrected chi connectivity index (χ3v) is 5.60. The first-order chi connectivity index (χ1) is 15.2. The van der Waals surface area contributed by atoms with Crippen molar-refractivity contribution in [2.75, 3.05) is 13.2 Å². The number of carbonyl (C=O) groups is 2. The molecule has 0 spiro atoms. The summed E-state index contributed by atoms with van der Waals surface area (Å²) >= 11 is 0. The van der Waals surface area contributed by atoms with Gasteiger partial charge in [0.2, 0.25) is 0 Å². The van der Waals surface area contributed by atoms with Gasteiger partial charge in [-0.3, -0.25) is 0 Å². The van der Waals surface area contributed by atoms with Gasteiger partial charge in [-0.2, -0.15) is 0 Å². The number of unbranched alkanes of at least 4 members (excludes halogenated alkanes) is 14. The summed E-state index contributed by atoms with van der Waals surface area (Å²) in [6.07, 6.45) is 20.9. The van der Waals surface area contributed by atoms with Crippen LogP contribution in [0, 0.1) is 0 Å². The number of hydrogen-bond donors (Lipinski definition) is 1. The molecule has 0 aromatic heterocycles. The largest absolute Gasteiger partial charge is 0.464 e. The van der Waals surface area contributed by atoms with Crippen LogP contribution in [0.4, 0.5) is 4.79 Å². The molecule has 0 radical (unpaired) electrons. The van der Waals surface area contributed by atoms with Crippen LogP contribution in [0.25, 0.3) is 0 Å². The first kappa shape index (κ1) is 29.7. The molecule has 0 aliphatic heterocycles. The zero-order chi connectivity index (χ0) is 23.0. The van der Waals surface area contributed by atoms with Crippen molar-refractivity contribution < 1.29 is 19.1 Å². The van der Waals surface area contributed by atoms with Crippen molar-refractivity contribution in [2.45, 2.75) is 142 Å². The monoisotopic (exact) mass is 441 g/mol. The molecule has 31 heavy (non-hydrogen) atoms. The molecule has 1 unspecified atom stereocenters. The minimum Gasteiger partial charge on any atom is -0.464 e. The first-order valence-electron chi connectivity index (χ1n) is 13.3. The van der Waals surface area contributed by atoms with Crippen molar-refractivity contribution in [3.8, 4) is 0 Å². The quantitative estimate of drug-likeness (QED) is 0.138. The molecule has 1 N–H and O–H groups in total. The van der Waals surface area contributed by atoms with Gasteiger partial charge in [0, 0.05) is 0 Å². The van der Waals surface area contributed by atoms with Crippen molar-refractivity contribution in [1.29, 1.82) is 0 Å². The normalized spacial score (nSPS) is 11.8. The van der Waals surface area contributed by atoms with Crippen LogP contribution < -0.4 is 5.32 Å². The molecule has 0 aliphatic carbocycles. The number of hydrogen-bond acceptors (Lipinski definition) is 4. The highest BCUT2D eigenvalue weighted by atomic mass is 16.6. The van der Waals surface area contributed by atoms with Crippen molar-refractivity contribution in [1.82, 2.24) is 5.32 Å². The number of rotatable bonds is 22. The maximum Gasteiger partial charge on any atom is 0.407 e. The number of esters is 1. The van der Waals surface area contributed by atoms with Crippen LogP contribution in [0.5, 0.6) is 0 Å². The molecule has 184 valence electrons. The Kier molecular flexibility index (Phi) is 22.5. The summed E-state index contributed by atoms with van der Waals surface area (Å²) in [4.78, 5) is 24.1. The summed E-state index contributed by atoms with van der Waals surface area (Å²) < 4.78 is 10.4. The Bertz CT molecular complexity index is 414. The second-order valence-corrected chi connectivity index (χ2v) is 8.74. The van der Waals surface area contributed by atoms with Crippen molar-refractivity contribution in [2.24, 2.45) is 0 Å². The Morgan fingerprint density at radius 2 is 1.06 bits per heavy atom. The van der Waals surface area contributed by atoms with Gasteiger partial charge in [0.05, 0.1) is 13.2 Å². The number of amides is 1. The number of alkyl carbamates (subject to hydrolysis) is 1. The third-order valence-electron chi connectivity index (χ3n) is 5.60. The molecule has 5 heteroatoms. The predicted molar refractivity (Wildman–Crippen MR) is 129 cm³/mol. The van der Waals surface area contributed by atoms with Gasteiger partial charge < -0.3 is 14.8 Å². The topological polar surface area (TPSA) is 64.6 Å². The first-order valence-corrected chi connectivity index (χ1v) is 13.3. The maximum atomic E-state index is 12.3. The number of carbonyl (C=O) groups excluding carboxylic acids is 2. The second kappa shape index (κ2) is 23.4. The molecular weight excluding hydrogens is 390 g/mol. The molecule has 0 aliphatic rings. The van der Waals surface area contributed by atoms with Gasteiger partial charge >= 0.3 is 12.1 Å². The minimum absolute atomic E-state index is 0.336. The number of nitrogens with one attached hydrogen (secondary N) is 1. The maximum absolute atomic E-state index is 12.3. The average molecular weight is 442 g/mol. The lowest BCUT2D eigenvalue weighted by atomic mass is 10.0. The van der Waals surface area contributed by atoms with E-state index in [1.165, 1.54) is 77.0 Å². The standard InChI is InChI=1S/C26H51NO4/c1-4-7-9-10-11-12-13-14-15-16-17-18-19-20-23-30-25(28)24(21-8-5-2)27-26(29)31-22-6-3/h24H,4-23H2,1-3H3,(H,27,29). The molecule has 0 saturated carbocycles. The third kappa shape index (κ3) is 20.4. The van der Waals surface area contributed by atoms with Gasteiger partial charge in [-0.15, -0.1) is 0 Å². The van der Waals surface area contributed by atoms with E-state index in [0.717, 1.165) is 32.1 Å². The SMILES string of the molecule is CCCCCCCCCCCCCCCCOC(=O)C(CCCC)NC(=O)OCCC. The summed E-state index contributed by atoms with van der Waals surface area (Å²) in [6.45, 7) is 7.06. The predicted octanol–water partition coefficient (Wildman–Crippen LogP) is 7.71. The lowest BCUT2D eigenvalue weighted by molar-refractivity contribution is -0.146. The molecule has 0 aromatic carbocycles. The lowest BCUT2D eigenvalue weighted by Crippen LogP contribution is -2.42. The number of ether oxygens (including phenoxy) is 2. The van der Waals surface area contributed by atoms with Crippen LogP contribution in [0.1, 0.15) is 136 Å². The zero-order valence-electron chi connectivity index (χ0n) is 20.9. The van der Waals surface area contributed by atoms with Gasteiger partial charge in [-0.25, -0.2) is 9.59 Å². The molecule has 0 rings (SSSR count). The summed E-state index contributed by atoms with van der Waals surface area (Å²) in [6, 6.07) is -0.601. The average Bonchev–Trinajstić information content (AvgIpc) is 2.77. The second-order valence-electron chi connectivity index (χ2n) is 8.74. The van der Waals surface area contributed by atoms with E-state index < -0.39 is 12.1 Å². The summed E-state index contributed by atoms with van der Waals surface area (Å²) in [5.74, 6) is -0.336. The van der Waals surface area contributed by atoms with Crippen LogP contribution in [0.15, 0.2) is 0 Å². The van der Waals surface area contributed by atoms with E-state index in [1.54, 1.807) is 0 Å². The van der Waals surface area contributed by atoms with E-state index in [4.69, 9.17) is 9.47 Å². The molecule has 1 atom stereocenters. The molecule has 5 nitrogen and oxygen atoms in total. The fourth-order valence-corrected chi connectivity index (χ4v) is 3.61. The van der Waals surface area contributed by atoms with Gasteiger partial charge in [0.1, 0.15) is 6.04 Å². The van der Waals surface area contributed by atoms with E-state index in [9.17, 15) is 9.59 Å². The molecular formula is C26H51NO4. The van der Waals surface area contributed by atoms with Crippen LogP contribution in [0.3, 0.4) is 0 Å². The highest BCUT2D eigenvalue weighted by Gasteiger charge is 2.22. The minimum atomic E-state index is -0.601. The smallest absolute Gasteiger partial charge is 0.407 e. The summed E-state index contributed by atoms with van der Waals surface area (Å²) in [7, 11) is 0.